The molecule has 4 nitrogen and oxygen atoms in total. The van der Waals surface area contributed by atoms with Crippen molar-refractivity contribution >= 4 is 54.3 Å². The van der Waals surface area contributed by atoms with E-state index >= 15 is 0 Å². The number of rotatable bonds is 5. The molecular formula is C51H31N3O. The summed E-state index contributed by atoms with van der Waals surface area (Å²) in [5, 5.41) is 8.86. The first kappa shape index (κ1) is 31.1. The zero-order valence-electron chi connectivity index (χ0n) is 29.6. The van der Waals surface area contributed by atoms with E-state index in [4.69, 9.17) is 19.4 Å². The lowest BCUT2D eigenvalue weighted by molar-refractivity contribution is 0.673. The van der Waals surface area contributed by atoms with Crippen molar-refractivity contribution in [1.29, 1.82) is 0 Å². The van der Waals surface area contributed by atoms with E-state index in [0.29, 0.717) is 17.5 Å². The van der Waals surface area contributed by atoms with Gasteiger partial charge in [-0.1, -0.05) is 170 Å². The number of hydrogen-bond acceptors (Lipinski definition) is 4. The summed E-state index contributed by atoms with van der Waals surface area (Å²) in [5.41, 5.74) is 9.09. The van der Waals surface area contributed by atoms with E-state index in [1.807, 2.05) is 24.3 Å². The number of fused-ring (bicyclic) bond motifs is 8. The smallest absolute Gasteiger partial charge is 0.164 e. The second-order valence-corrected chi connectivity index (χ2v) is 14.0. The summed E-state index contributed by atoms with van der Waals surface area (Å²) in [5.74, 6) is 1.86. The van der Waals surface area contributed by atoms with Gasteiger partial charge in [0.05, 0.1) is 0 Å². The van der Waals surface area contributed by atoms with E-state index in [0.717, 1.165) is 60.5 Å². The second-order valence-electron chi connectivity index (χ2n) is 14.0. The largest absolute Gasteiger partial charge is 0.455 e. The minimum atomic E-state index is 0.610. The number of furan rings is 1. The first-order chi connectivity index (χ1) is 27.2. The molecule has 2 heterocycles. The van der Waals surface area contributed by atoms with Crippen LogP contribution in [0, 0.1) is 0 Å². The van der Waals surface area contributed by atoms with Crippen LogP contribution < -0.4 is 0 Å². The highest BCUT2D eigenvalue weighted by molar-refractivity contribution is 6.22. The number of benzene rings is 9. The van der Waals surface area contributed by atoms with Crippen molar-refractivity contribution in [1.82, 2.24) is 15.0 Å². The van der Waals surface area contributed by atoms with Crippen LogP contribution in [0.4, 0.5) is 0 Å². The average molecular weight is 702 g/mol. The van der Waals surface area contributed by atoms with E-state index < -0.39 is 0 Å². The van der Waals surface area contributed by atoms with E-state index in [9.17, 15) is 0 Å². The Morgan fingerprint density at radius 2 is 0.873 bits per heavy atom. The first-order valence-electron chi connectivity index (χ1n) is 18.5. The molecule has 0 saturated carbocycles. The van der Waals surface area contributed by atoms with E-state index in [1.54, 1.807) is 0 Å². The lowest BCUT2D eigenvalue weighted by Gasteiger charge is -2.12. The van der Waals surface area contributed by atoms with Crippen LogP contribution in [0.5, 0.6) is 0 Å². The highest BCUT2D eigenvalue weighted by Crippen LogP contribution is 2.43. The van der Waals surface area contributed by atoms with Crippen molar-refractivity contribution in [2.75, 3.05) is 0 Å². The van der Waals surface area contributed by atoms with Crippen LogP contribution in [0.15, 0.2) is 192 Å². The van der Waals surface area contributed by atoms with E-state index in [1.165, 1.54) is 32.7 Å². The molecular weight excluding hydrogens is 671 g/mol. The van der Waals surface area contributed by atoms with Gasteiger partial charge in [-0.2, -0.15) is 0 Å². The Morgan fingerprint density at radius 1 is 0.309 bits per heavy atom. The minimum Gasteiger partial charge on any atom is -0.455 e. The molecule has 9 aromatic carbocycles. The SMILES string of the molecule is c1ccc(-c2ccc(-c3cccc4oc5c6ccccc6c(-c6nc(-c7ccccc7)nc(-c7ccc8ccc9ccccc9c8c7)n6)cc5c34)cc2)cc1. The summed E-state index contributed by atoms with van der Waals surface area (Å²) < 4.78 is 6.72. The van der Waals surface area contributed by atoms with Gasteiger partial charge in [-0.3, -0.25) is 0 Å². The zero-order valence-corrected chi connectivity index (χ0v) is 29.6. The van der Waals surface area contributed by atoms with Gasteiger partial charge in [0.1, 0.15) is 11.2 Å². The van der Waals surface area contributed by atoms with Gasteiger partial charge in [-0.25, -0.2) is 15.0 Å². The van der Waals surface area contributed by atoms with Gasteiger partial charge in [0.15, 0.2) is 17.5 Å². The molecule has 0 N–H and O–H groups in total. The Kier molecular flexibility index (Phi) is 7.14. The van der Waals surface area contributed by atoms with Crippen LogP contribution in [0.2, 0.25) is 0 Å². The fraction of sp³-hybridized carbons (Fsp3) is 0. The molecule has 0 atom stereocenters. The first-order valence-corrected chi connectivity index (χ1v) is 18.5. The van der Waals surface area contributed by atoms with Gasteiger partial charge < -0.3 is 4.42 Å². The molecule has 11 aromatic rings. The van der Waals surface area contributed by atoms with Gasteiger partial charge in [-0.15, -0.1) is 0 Å². The molecule has 0 aliphatic carbocycles. The van der Waals surface area contributed by atoms with E-state index in [2.05, 4.69) is 164 Å². The molecule has 256 valence electrons. The maximum atomic E-state index is 6.72. The Labute approximate surface area is 317 Å². The standard InChI is InChI=1S/C51H31N3O/c1-3-12-32(13-4-1)33-22-24-35(25-23-33)40-20-11-21-46-47(40)45-31-44(41-18-9-10-19-42(41)48(45)55-46)51-53-49(37-15-5-2-6-16-37)52-50(54-51)38-29-28-36-27-26-34-14-7-8-17-39(34)43(36)30-38/h1-31H. The molecule has 11 rings (SSSR count). The van der Waals surface area contributed by atoms with Gasteiger partial charge in [0, 0.05) is 32.8 Å². The maximum absolute atomic E-state index is 6.72. The normalized spacial score (nSPS) is 11.6. The Morgan fingerprint density at radius 3 is 1.65 bits per heavy atom. The van der Waals surface area contributed by atoms with Crippen molar-refractivity contribution in [3.8, 4) is 56.4 Å². The zero-order chi connectivity index (χ0) is 36.3. The molecule has 0 saturated heterocycles. The quantitative estimate of drug-likeness (QED) is 0.168. The summed E-state index contributed by atoms with van der Waals surface area (Å²) in [6.07, 6.45) is 0. The highest BCUT2D eigenvalue weighted by atomic mass is 16.3. The molecule has 55 heavy (non-hydrogen) atoms. The van der Waals surface area contributed by atoms with Crippen LogP contribution in [0.3, 0.4) is 0 Å². The molecule has 0 aliphatic rings. The third-order valence-corrected chi connectivity index (χ3v) is 10.7. The molecule has 0 fully saturated rings. The number of hydrogen-bond donors (Lipinski definition) is 0. The molecule has 0 unspecified atom stereocenters. The molecule has 0 aliphatic heterocycles. The van der Waals surface area contributed by atoms with E-state index in [-0.39, 0.29) is 0 Å². The third-order valence-electron chi connectivity index (χ3n) is 10.7. The second kappa shape index (κ2) is 12.6. The Hall–Kier alpha value is -7.43. The number of aromatic nitrogens is 3. The molecule has 0 radical (unpaired) electrons. The van der Waals surface area contributed by atoms with Gasteiger partial charge in [-0.05, 0) is 67.4 Å². The van der Waals surface area contributed by atoms with Crippen molar-refractivity contribution in [3.63, 3.8) is 0 Å². The lowest BCUT2D eigenvalue weighted by Crippen LogP contribution is -2.00. The summed E-state index contributed by atoms with van der Waals surface area (Å²) >= 11 is 0. The molecule has 0 amide bonds. The predicted octanol–water partition coefficient (Wildman–Crippen LogP) is 13.6. The monoisotopic (exact) mass is 701 g/mol. The minimum absolute atomic E-state index is 0.610. The Bertz CT molecular complexity index is 3240. The molecule has 4 heteroatoms. The van der Waals surface area contributed by atoms with Crippen molar-refractivity contribution in [2.45, 2.75) is 0 Å². The van der Waals surface area contributed by atoms with Crippen molar-refractivity contribution < 1.29 is 4.42 Å². The van der Waals surface area contributed by atoms with Gasteiger partial charge in [0.2, 0.25) is 0 Å². The summed E-state index contributed by atoms with van der Waals surface area (Å²) in [7, 11) is 0. The molecule has 0 bridgehead atoms. The van der Waals surface area contributed by atoms with Gasteiger partial charge >= 0.3 is 0 Å². The topological polar surface area (TPSA) is 51.8 Å². The van der Waals surface area contributed by atoms with Crippen molar-refractivity contribution in [2.24, 2.45) is 0 Å². The molecule has 0 spiro atoms. The third kappa shape index (κ3) is 5.26. The number of nitrogens with zero attached hydrogens (tertiary/aromatic N) is 3. The summed E-state index contributed by atoms with van der Waals surface area (Å²) in [6, 6.07) is 65.7. The average Bonchev–Trinajstić information content (AvgIpc) is 3.66. The van der Waals surface area contributed by atoms with Crippen LogP contribution in [-0.4, -0.2) is 15.0 Å². The van der Waals surface area contributed by atoms with Crippen LogP contribution in [0.25, 0.3) is 111 Å². The van der Waals surface area contributed by atoms with Crippen molar-refractivity contribution in [3.05, 3.63) is 188 Å². The van der Waals surface area contributed by atoms with Crippen LogP contribution >= 0.6 is 0 Å². The van der Waals surface area contributed by atoms with Crippen LogP contribution in [-0.2, 0) is 0 Å². The van der Waals surface area contributed by atoms with Gasteiger partial charge in [0.25, 0.3) is 0 Å². The maximum Gasteiger partial charge on any atom is 0.164 e. The Balaban J connectivity index is 1.15. The molecule has 2 aromatic heterocycles. The highest BCUT2D eigenvalue weighted by Gasteiger charge is 2.21. The fourth-order valence-corrected chi connectivity index (χ4v) is 8.03. The van der Waals surface area contributed by atoms with Crippen LogP contribution in [0.1, 0.15) is 0 Å². The summed E-state index contributed by atoms with van der Waals surface area (Å²) in [6.45, 7) is 0. The predicted molar refractivity (Wildman–Crippen MR) is 227 cm³/mol. The lowest BCUT2D eigenvalue weighted by atomic mass is 9.94. The summed E-state index contributed by atoms with van der Waals surface area (Å²) in [4.78, 5) is 15.6. The fourth-order valence-electron chi connectivity index (χ4n) is 8.03.